The largest absolute Gasteiger partial charge is 0.462 e. The van der Waals surface area contributed by atoms with Crippen molar-refractivity contribution < 1.29 is 9.84 Å². The molecular formula is C28H34N2O2. The summed E-state index contributed by atoms with van der Waals surface area (Å²) in [5, 5.41) is 11.9. The van der Waals surface area contributed by atoms with Crippen molar-refractivity contribution in [3.8, 4) is 0 Å². The molecule has 5 rings (SSSR count). The molecule has 0 bridgehead atoms. The van der Waals surface area contributed by atoms with Gasteiger partial charge in [-0.25, -0.2) is 0 Å². The molecule has 32 heavy (non-hydrogen) atoms. The molecule has 0 aromatic heterocycles. The third kappa shape index (κ3) is 3.92. The fourth-order valence-electron chi connectivity index (χ4n) is 5.65. The Bertz CT molecular complexity index is 1000. The minimum absolute atomic E-state index is 0.0205. The highest BCUT2D eigenvalue weighted by atomic mass is 16.6. The topological polar surface area (TPSA) is 35.9 Å². The van der Waals surface area contributed by atoms with Crippen molar-refractivity contribution in [2.75, 3.05) is 39.3 Å². The van der Waals surface area contributed by atoms with E-state index in [-0.39, 0.29) is 11.8 Å². The summed E-state index contributed by atoms with van der Waals surface area (Å²) in [6.07, 6.45) is 2.88. The lowest BCUT2D eigenvalue weighted by Crippen LogP contribution is -2.58. The Kier molecular flexibility index (Phi) is 5.93. The summed E-state index contributed by atoms with van der Waals surface area (Å²) in [4.78, 5) is 4.93. The van der Waals surface area contributed by atoms with Crippen LogP contribution in [0.4, 0.5) is 0 Å². The number of rotatable bonds is 4. The zero-order valence-corrected chi connectivity index (χ0v) is 19.2. The summed E-state index contributed by atoms with van der Waals surface area (Å²) in [6.45, 7) is 9.86. The fourth-order valence-corrected chi connectivity index (χ4v) is 5.65. The van der Waals surface area contributed by atoms with E-state index < -0.39 is 5.79 Å². The number of likely N-dealkylation sites (N-methyl/N-ethyl adjacent to an activating group) is 1. The van der Waals surface area contributed by atoms with Crippen molar-refractivity contribution in [1.29, 1.82) is 0 Å². The van der Waals surface area contributed by atoms with E-state index in [1.807, 2.05) is 6.07 Å². The molecule has 2 aromatic carbocycles. The van der Waals surface area contributed by atoms with Crippen molar-refractivity contribution in [3.63, 3.8) is 0 Å². The number of benzene rings is 2. The van der Waals surface area contributed by atoms with Crippen LogP contribution in [0.1, 0.15) is 37.3 Å². The molecule has 4 heteroatoms. The molecule has 0 radical (unpaired) electrons. The van der Waals surface area contributed by atoms with Gasteiger partial charge in [0, 0.05) is 50.0 Å². The Morgan fingerprint density at radius 2 is 1.66 bits per heavy atom. The standard InChI is InChI=1S/C28H34N2O2/c1-3-29-16-15-28(31)25(20-29)26(22-13-9-6-10-14-22)24-19-30(4-2)18-23(27(24)32-28)17-21-11-7-5-8-12-21/h5-14,17,25-26,31H,3-4,15-16,18-20H2,1-2H3/b23-17-/t25-,26-,28-/m0/s1. The molecular weight excluding hydrogens is 396 g/mol. The number of ether oxygens (including phenoxy) is 1. The summed E-state index contributed by atoms with van der Waals surface area (Å²) in [5.74, 6) is -0.0362. The highest BCUT2D eigenvalue weighted by molar-refractivity contribution is 5.61. The second-order valence-corrected chi connectivity index (χ2v) is 9.32. The van der Waals surface area contributed by atoms with Gasteiger partial charge in [-0.1, -0.05) is 74.5 Å². The van der Waals surface area contributed by atoms with Crippen LogP contribution in [0.5, 0.6) is 0 Å². The highest BCUT2D eigenvalue weighted by Gasteiger charge is 2.53. The summed E-state index contributed by atoms with van der Waals surface area (Å²) < 4.78 is 6.62. The maximum Gasteiger partial charge on any atom is 0.214 e. The Balaban J connectivity index is 1.66. The van der Waals surface area contributed by atoms with E-state index in [0.717, 1.165) is 45.0 Å². The Labute approximate surface area is 191 Å². The van der Waals surface area contributed by atoms with Crippen LogP contribution in [0.2, 0.25) is 0 Å². The highest BCUT2D eigenvalue weighted by Crippen LogP contribution is 2.51. The predicted molar refractivity (Wildman–Crippen MR) is 129 cm³/mol. The van der Waals surface area contributed by atoms with Gasteiger partial charge in [-0.15, -0.1) is 0 Å². The molecule has 3 heterocycles. The zero-order valence-electron chi connectivity index (χ0n) is 19.2. The van der Waals surface area contributed by atoms with E-state index in [2.05, 4.69) is 84.3 Å². The number of hydrogen-bond donors (Lipinski definition) is 1. The first-order valence-corrected chi connectivity index (χ1v) is 12.0. The van der Waals surface area contributed by atoms with Gasteiger partial charge in [0.05, 0.1) is 0 Å². The lowest BCUT2D eigenvalue weighted by atomic mass is 9.70. The zero-order chi connectivity index (χ0) is 22.1. The summed E-state index contributed by atoms with van der Waals surface area (Å²) >= 11 is 0. The summed E-state index contributed by atoms with van der Waals surface area (Å²) in [6, 6.07) is 21.2. The van der Waals surface area contributed by atoms with Crippen LogP contribution in [0.3, 0.4) is 0 Å². The van der Waals surface area contributed by atoms with Gasteiger partial charge in [-0.3, -0.25) is 4.90 Å². The van der Waals surface area contributed by atoms with E-state index in [9.17, 15) is 5.11 Å². The number of hydrogen-bond acceptors (Lipinski definition) is 4. The van der Waals surface area contributed by atoms with Crippen molar-refractivity contribution in [2.24, 2.45) is 5.92 Å². The smallest absolute Gasteiger partial charge is 0.214 e. The number of fused-ring (bicyclic) bond motifs is 1. The van der Waals surface area contributed by atoms with E-state index >= 15 is 0 Å². The molecule has 1 N–H and O–H groups in total. The van der Waals surface area contributed by atoms with Crippen molar-refractivity contribution >= 4 is 6.08 Å². The van der Waals surface area contributed by atoms with Gasteiger partial charge in [0.2, 0.25) is 5.79 Å². The lowest BCUT2D eigenvalue weighted by molar-refractivity contribution is -0.249. The molecule has 168 valence electrons. The molecule has 0 amide bonds. The molecule has 1 fully saturated rings. The molecule has 1 saturated heterocycles. The second-order valence-electron chi connectivity index (χ2n) is 9.32. The monoisotopic (exact) mass is 430 g/mol. The van der Waals surface area contributed by atoms with Crippen molar-refractivity contribution in [3.05, 3.63) is 88.7 Å². The first-order chi connectivity index (χ1) is 15.6. The molecule has 4 nitrogen and oxygen atoms in total. The summed E-state index contributed by atoms with van der Waals surface area (Å²) in [7, 11) is 0. The quantitative estimate of drug-likeness (QED) is 0.775. The number of nitrogens with zero attached hydrogens (tertiary/aromatic N) is 2. The lowest BCUT2D eigenvalue weighted by Gasteiger charge is -2.53. The van der Waals surface area contributed by atoms with Crippen LogP contribution >= 0.6 is 0 Å². The molecule has 0 aliphatic carbocycles. The van der Waals surface area contributed by atoms with Crippen LogP contribution in [0.15, 0.2) is 77.6 Å². The molecule has 0 unspecified atom stereocenters. The first kappa shape index (κ1) is 21.4. The number of piperidine rings is 1. The molecule has 2 aromatic rings. The van der Waals surface area contributed by atoms with Gasteiger partial charge in [0.25, 0.3) is 0 Å². The SMILES string of the molecule is CCN1CC2=C(O[C@@]3(O)CCN(CC)C[C@H]3[C@H]2c2ccccc2)/C(=C\c2ccccc2)C1. The van der Waals surface area contributed by atoms with E-state index in [1.54, 1.807) is 0 Å². The van der Waals surface area contributed by atoms with Gasteiger partial charge in [0.15, 0.2) is 0 Å². The fraction of sp³-hybridized carbons (Fsp3) is 0.429. The third-order valence-corrected chi connectivity index (χ3v) is 7.44. The van der Waals surface area contributed by atoms with Crippen LogP contribution in [-0.4, -0.2) is 60.0 Å². The third-order valence-electron chi connectivity index (χ3n) is 7.44. The minimum atomic E-state index is -1.13. The minimum Gasteiger partial charge on any atom is -0.462 e. The predicted octanol–water partition coefficient (Wildman–Crippen LogP) is 4.50. The molecule has 0 spiro atoms. The van der Waals surface area contributed by atoms with Gasteiger partial charge >= 0.3 is 0 Å². The molecule has 3 atom stereocenters. The van der Waals surface area contributed by atoms with Crippen LogP contribution < -0.4 is 0 Å². The Morgan fingerprint density at radius 1 is 0.969 bits per heavy atom. The molecule has 3 aliphatic rings. The normalized spacial score (nSPS) is 30.0. The maximum absolute atomic E-state index is 11.9. The van der Waals surface area contributed by atoms with Crippen molar-refractivity contribution in [2.45, 2.75) is 32.0 Å². The maximum atomic E-state index is 11.9. The van der Waals surface area contributed by atoms with E-state index in [4.69, 9.17) is 4.74 Å². The van der Waals surface area contributed by atoms with Gasteiger partial charge in [-0.2, -0.15) is 0 Å². The van der Waals surface area contributed by atoms with E-state index in [1.165, 1.54) is 22.3 Å². The van der Waals surface area contributed by atoms with Crippen LogP contribution in [0, 0.1) is 5.92 Å². The average molecular weight is 431 g/mol. The Hall–Kier alpha value is -2.40. The van der Waals surface area contributed by atoms with Gasteiger partial charge in [0.1, 0.15) is 5.76 Å². The number of likely N-dealkylation sites (tertiary alicyclic amines) is 1. The van der Waals surface area contributed by atoms with Gasteiger partial charge < -0.3 is 14.7 Å². The Morgan fingerprint density at radius 3 is 2.34 bits per heavy atom. The van der Waals surface area contributed by atoms with E-state index in [0.29, 0.717) is 6.42 Å². The van der Waals surface area contributed by atoms with Crippen LogP contribution in [-0.2, 0) is 4.74 Å². The van der Waals surface area contributed by atoms with Crippen LogP contribution in [0.25, 0.3) is 6.08 Å². The molecule has 3 aliphatic heterocycles. The molecule has 0 saturated carbocycles. The van der Waals surface area contributed by atoms with Crippen molar-refractivity contribution in [1.82, 2.24) is 9.80 Å². The first-order valence-electron chi connectivity index (χ1n) is 12.0. The average Bonchev–Trinajstić information content (AvgIpc) is 2.83. The number of aliphatic hydroxyl groups is 1. The summed E-state index contributed by atoms with van der Waals surface area (Å²) in [5.41, 5.74) is 4.94. The van der Waals surface area contributed by atoms with Gasteiger partial charge in [-0.05, 0) is 35.9 Å². The second kappa shape index (κ2) is 8.86.